The Hall–Kier alpha value is -0.830. The fourth-order valence-corrected chi connectivity index (χ4v) is 1.88. The molecule has 3 heteroatoms. The summed E-state index contributed by atoms with van der Waals surface area (Å²) in [5, 5.41) is 7.81. The molecule has 82 valence electrons. The van der Waals surface area contributed by atoms with Crippen LogP contribution in [-0.4, -0.2) is 17.8 Å². The van der Waals surface area contributed by atoms with Gasteiger partial charge in [0.15, 0.2) is 0 Å². The summed E-state index contributed by atoms with van der Waals surface area (Å²) in [5.41, 5.74) is 1.23. The third-order valence-electron chi connectivity index (χ3n) is 2.26. The number of benzene rings is 1. The van der Waals surface area contributed by atoms with Gasteiger partial charge in [0, 0.05) is 24.5 Å². The highest BCUT2D eigenvalue weighted by molar-refractivity contribution is 9.10. The Labute approximate surface area is 99.9 Å². The normalized spacial score (nSPS) is 10.1. The van der Waals surface area contributed by atoms with E-state index in [1.54, 1.807) is 0 Å². The van der Waals surface area contributed by atoms with Crippen LogP contribution in [-0.2, 0) is 6.54 Å². The van der Waals surface area contributed by atoms with Crippen molar-refractivity contribution in [1.82, 2.24) is 4.90 Å². The summed E-state index contributed by atoms with van der Waals surface area (Å²) in [5.74, 6) is 0.706. The molecule has 0 heterocycles. The van der Waals surface area contributed by atoms with E-state index in [1.807, 2.05) is 24.1 Å². The van der Waals surface area contributed by atoms with Gasteiger partial charge < -0.3 is 4.90 Å². The van der Waals surface area contributed by atoms with Crippen molar-refractivity contribution < 1.29 is 0 Å². The minimum Gasteiger partial charge on any atom is -0.359 e. The Morgan fingerprint density at radius 1 is 1.47 bits per heavy atom. The third kappa shape index (κ3) is 4.04. The van der Waals surface area contributed by atoms with Gasteiger partial charge in [0.25, 0.3) is 0 Å². The van der Waals surface area contributed by atoms with Crippen LogP contribution in [0, 0.1) is 5.41 Å². The molecule has 1 N–H and O–H groups in total. The minimum absolute atomic E-state index is 0.706. The molecule has 0 aromatic heterocycles. The average Bonchev–Trinajstić information content (AvgIpc) is 2.18. The molecule has 0 spiro atoms. The largest absolute Gasteiger partial charge is 0.359 e. The molecule has 0 aliphatic carbocycles. The van der Waals surface area contributed by atoms with Crippen molar-refractivity contribution in [2.45, 2.75) is 26.3 Å². The van der Waals surface area contributed by atoms with E-state index in [9.17, 15) is 0 Å². The van der Waals surface area contributed by atoms with E-state index in [-0.39, 0.29) is 0 Å². The van der Waals surface area contributed by atoms with Gasteiger partial charge in [-0.3, -0.25) is 5.41 Å². The fraction of sp³-hybridized carbons (Fsp3) is 0.417. The standard InChI is InChI=1S/C12H17BrN2/c1-3-5-12(14)15(2)9-10-6-4-7-11(13)8-10/h4,6-8,14H,3,5,9H2,1-2H3. The molecule has 0 radical (unpaired) electrons. The summed E-state index contributed by atoms with van der Waals surface area (Å²) >= 11 is 3.45. The molecule has 0 atom stereocenters. The Balaban J connectivity index is 2.58. The number of nitrogens with one attached hydrogen (secondary N) is 1. The van der Waals surface area contributed by atoms with E-state index >= 15 is 0 Å². The number of hydrogen-bond acceptors (Lipinski definition) is 1. The monoisotopic (exact) mass is 268 g/mol. The van der Waals surface area contributed by atoms with E-state index in [2.05, 4.69) is 35.0 Å². The first-order valence-corrected chi connectivity index (χ1v) is 5.95. The van der Waals surface area contributed by atoms with Gasteiger partial charge in [-0.2, -0.15) is 0 Å². The summed E-state index contributed by atoms with van der Waals surface area (Å²) in [4.78, 5) is 1.99. The molecule has 0 fully saturated rings. The van der Waals surface area contributed by atoms with E-state index in [0.717, 1.165) is 23.9 Å². The SMILES string of the molecule is CCCC(=N)N(C)Cc1cccc(Br)c1. The van der Waals surface area contributed by atoms with Crippen LogP contribution in [0.5, 0.6) is 0 Å². The van der Waals surface area contributed by atoms with Crippen molar-refractivity contribution in [3.8, 4) is 0 Å². The lowest BCUT2D eigenvalue weighted by atomic mass is 10.2. The van der Waals surface area contributed by atoms with E-state index in [4.69, 9.17) is 5.41 Å². The molecule has 2 nitrogen and oxygen atoms in total. The summed E-state index contributed by atoms with van der Waals surface area (Å²) in [6, 6.07) is 8.22. The number of rotatable bonds is 4. The summed E-state index contributed by atoms with van der Waals surface area (Å²) < 4.78 is 1.09. The van der Waals surface area contributed by atoms with Gasteiger partial charge in [-0.15, -0.1) is 0 Å². The van der Waals surface area contributed by atoms with Crippen LogP contribution in [0.2, 0.25) is 0 Å². The Morgan fingerprint density at radius 3 is 2.80 bits per heavy atom. The smallest absolute Gasteiger partial charge is 0.0957 e. The Kier molecular flexibility index (Phi) is 4.82. The number of nitrogens with zero attached hydrogens (tertiary/aromatic N) is 1. The molecule has 1 rings (SSSR count). The first-order valence-electron chi connectivity index (χ1n) is 5.16. The second kappa shape index (κ2) is 5.91. The molecule has 0 saturated heterocycles. The zero-order valence-corrected chi connectivity index (χ0v) is 10.8. The first kappa shape index (κ1) is 12.2. The van der Waals surface area contributed by atoms with Crippen molar-refractivity contribution >= 4 is 21.8 Å². The Bertz CT molecular complexity index is 336. The maximum Gasteiger partial charge on any atom is 0.0957 e. The zero-order chi connectivity index (χ0) is 11.3. The van der Waals surface area contributed by atoms with E-state index in [1.165, 1.54) is 5.56 Å². The van der Waals surface area contributed by atoms with Gasteiger partial charge in [-0.1, -0.05) is 35.0 Å². The predicted molar refractivity (Wildman–Crippen MR) is 68.2 cm³/mol. The molecule has 0 bridgehead atoms. The first-order chi connectivity index (χ1) is 7.13. The second-order valence-corrected chi connectivity index (χ2v) is 4.60. The molecule has 0 saturated carbocycles. The van der Waals surface area contributed by atoms with Crippen LogP contribution < -0.4 is 0 Å². The quantitative estimate of drug-likeness (QED) is 0.655. The van der Waals surface area contributed by atoms with Gasteiger partial charge in [0.1, 0.15) is 0 Å². The van der Waals surface area contributed by atoms with Crippen LogP contribution in [0.3, 0.4) is 0 Å². The van der Waals surface area contributed by atoms with Crippen LogP contribution in [0.15, 0.2) is 28.7 Å². The Morgan fingerprint density at radius 2 is 2.20 bits per heavy atom. The van der Waals surface area contributed by atoms with Crippen molar-refractivity contribution in [2.24, 2.45) is 0 Å². The summed E-state index contributed by atoms with van der Waals surface area (Å²) in [7, 11) is 1.97. The van der Waals surface area contributed by atoms with Crippen molar-refractivity contribution in [3.63, 3.8) is 0 Å². The lowest BCUT2D eigenvalue weighted by Gasteiger charge is -2.19. The lowest BCUT2D eigenvalue weighted by molar-refractivity contribution is 0.483. The average molecular weight is 269 g/mol. The minimum atomic E-state index is 0.706. The predicted octanol–water partition coefficient (Wildman–Crippen LogP) is 3.66. The van der Waals surface area contributed by atoms with Crippen molar-refractivity contribution in [1.29, 1.82) is 5.41 Å². The number of halogens is 1. The number of hydrogen-bond donors (Lipinski definition) is 1. The van der Waals surface area contributed by atoms with Gasteiger partial charge in [0.2, 0.25) is 0 Å². The maximum absolute atomic E-state index is 7.81. The molecule has 0 unspecified atom stereocenters. The molecule has 1 aromatic rings. The molecule has 15 heavy (non-hydrogen) atoms. The zero-order valence-electron chi connectivity index (χ0n) is 9.26. The van der Waals surface area contributed by atoms with Gasteiger partial charge in [0.05, 0.1) is 5.84 Å². The van der Waals surface area contributed by atoms with E-state index < -0.39 is 0 Å². The molecular weight excluding hydrogens is 252 g/mol. The van der Waals surface area contributed by atoms with Crippen LogP contribution in [0.25, 0.3) is 0 Å². The fourth-order valence-electron chi connectivity index (χ4n) is 1.43. The molecule has 0 aliphatic heterocycles. The second-order valence-electron chi connectivity index (χ2n) is 3.68. The third-order valence-corrected chi connectivity index (χ3v) is 2.75. The van der Waals surface area contributed by atoms with Crippen LogP contribution in [0.4, 0.5) is 0 Å². The lowest BCUT2D eigenvalue weighted by Crippen LogP contribution is -2.25. The highest BCUT2D eigenvalue weighted by atomic mass is 79.9. The maximum atomic E-state index is 7.81. The highest BCUT2D eigenvalue weighted by Gasteiger charge is 2.04. The summed E-state index contributed by atoms with van der Waals surface area (Å²) in [6.45, 7) is 2.90. The van der Waals surface area contributed by atoms with Gasteiger partial charge in [-0.05, 0) is 24.1 Å². The molecular formula is C12H17BrN2. The van der Waals surface area contributed by atoms with Crippen LogP contribution in [0.1, 0.15) is 25.3 Å². The van der Waals surface area contributed by atoms with Crippen molar-refractivity contribution in [2.75, 3.05) is 7.05 Å². The highest BCUT2D eigenvalue weighted by Crippen LogP contribution is 2.13. The molecule has 0 amide bonds. The molecule has 0 aliphatic rings. The topological polar surface area (TPSA) is 27.1 Å². The van der Waals surface area contributed by atoms with Crippen LogP contribution >= 0.6 is 15.9 Å². The van der Waals surface area contributed by atoms with Gasteiger partial charge >= 0.3 is 0 Å². The summed E-state index contributed by atoms with van der Waals surface area (Å²) in [6.07, 6.45) is 1.88. The van der Waals surface area contributed by atoms with Gasteiger partial charge in [-0.25, -0.2) is 0 Å². The number of amidine groups is 1. The van der Waals surface area contributed by atoms with Crippen molar-refractivity contribution in [3.05, 3.63) is 34.3 Å². The van der Waals surface area contributed by atoms with E-state index in [0.29, 0.717) is 5.84 Å². The molecule has 1 aromatic carbocycles.